The second-order valence-corrected chi connectivity index (χ2v) is 39.7. The van der Waals surface area contributed by atoms with Gasteiger partial charge in [-0.1, -0.05) is 377 Å². The maximum Gasteiger partial charge on any atom is 0.413 e. The molecule has 10 nitrogen and oxygen atoms in total. The van der Waals surface area contributed by atoms with E-state index in [9.17, 15) is 14.7 Å². The Labute approximate surface area is 732 Å². The Balaban J connectivity index is 0.000000151. The van der Waals surface area contributed by atoms with Gasteiger partial charge >= 0.3 is 12.2 Å². The molecule has 0 saturated heterocycles. The first kappa shape index (κ1) is 90.9. The third kappa shape index (κ3) is 28.4. The van der Waals surface area contributed by atoms with Gasteiger partial charge in [-0.2, -0.15) is 0 Å². The number of amides is 2. The number of alkyl carbamates (subject to hydrolysis) is 2. The summed E-state index contributed by atoms with van der Waals surface area (Å²) < 4.78 is 17.6. The molecule has 16 aromatic rings. The molecule has 2 aromatic heterocycles. The second-order valence-electron chi connectivity index (χ2n) is 28.6. The van der Waals surface area contributed by atoms with E-state index in [1.165, 1.54) is 86.3 Å². The van der Waals surface area contributed by atoms with E-state index in [2.05, 4.69) is 381 Å². The summed E-state index contributed by atoms with van der Waals surface area (Å²) >= 11 is 2.74. The predicted octanol–water partition coefficient (Wildman–Crippen LogP) is 21.5. The van der Waals surface area contributed by atoms with Crippen LogP contribution in [0.1, 0.15) is 51.3 Å². The van der Waals surface area contributed by atoms with Gasteiger partial charge in [-0.3, -0.25) is 21.5 Å². The van der Waals surface area contributed by atoms with Crippen LogP contribution in [-0.2, 0) is 29.9 Å². The van der Waals surface area contributed by atoms with E-state index in [4.69, 9.17) is 25.0 Å². The third-order valence-corrected chi connectivity index (χ3v) is 29.3. The van der Waals surface area contributed by atoms with Crippen molar-refractivity contribution in [3.8, 4) is 11.5 Å². The Morgan fingerprint density at radius 3 is 0.750 bits per heavy atom. The Kier molecular flexibility index (Phi) is 35.5. The van der Waals surface area contributed by atoms with Gasteiger partial charge in [0.2, 0.25) is 0 Å². The van der Waals surface area contributed by atoms with E-state index in [-0.39, 0.29) is 37.8 Å². The van der Waals surface area contributed by atoms with Gasteiger partial charge in [0.15, 0.2) is 0 Å². The van der Waals surface area contributed by atoms with E-state index >= 15 is 0 Å². The monoisotopic (exact) mass is 1780 g/mol. The zero-order valence-electron chi connectivity index (χ0n) is 67.7. The molecule has 0 radical (unpaired) electrons. The van der Waals surface area contributed by atoms with Crippen LogP contribution in [0.5, 0.6) is 11.5 Å². The topological polar surface area (TPSA) is 154 Å². The van der Waals surface area contributed by atoms with E-state index < -0.39 is 55.1 Å². The molecule has 2 amide bonds. The first-order valence-corrected chi connectivity index (χ1v) is 45.8. The number of phenolic OH excluding ortho intramolecular Hbond substituents is 1. The third-order valence-electron chi connectivity index (χ3n) is 17.3. The molecule has 0 saturated carbocycles. The molecule has 17 heteroatoms. The first-order valence-electron chi connectivity index (χ1n) is 38.8. The van der Waals surface area contributed by atoms with Crippen molar-refractivity contribution in [3.05, 3.63) is 435 Å². The molecular weight excluding hydrogens is 1680 g/mol. The summed E-state index contributed by atoms with van der Waals surface area (Å²) in [6, 6.07) is 144. The smallest absolute Gasteiger partial charge is 0.413 e. The molecule has 0 bridgehead atoms. The summed E-state index contributed by atoms with van der Waals surface area (Å²) in [5, 5.41) is 48.9. The number of carbonyl (C=O) groups is 2. The molecule has 120 heavy (non-hydrogen) atoms. The van der Waals surface area contributed by atoms with Gasteiger partial charge in [-0.05, 0) is 196 Å². The normalized spacial score (nSPS) is 10.7. The number of benzene rings is 14. The van der Waals surface area contributed by atoms with Gasteiger partial charge in [0.1, 0.15) is 41.0 Å². The molecular formula is C103H96N4O6P4PdS2. The number of thiophene rings is 2. The molecule has 0 aliphatic carbocycles. The molecule has 606 valence electrons. The molecule has 2 heterocycles. The minimum absolute atomic E-state index is 0. The van der Waals surface area contributed by atoms with Crippen LogP contribution in [-0.4, -0.2) is 46.8 Å². The van der Waals surface area contributed by atoms with Crippen molar-refractivity contribution in [2.24, 2.45) is 0 Å². The van der Waals surface area contributed by atoms with Crippen LogP contribution in [0.3, 0.4) is 0 Å². The number of nitrogens with one attached hydrogen (secondary N) is 4. The molecule has 5 N–H and O–H groups in total. The van der Waals surface area contributed by atoms with Crippen molar-refractivity contribution in [1.29, 1.82) is 10.8 Å². The Bertz CT molecular complexity index is 4930. The Morgan fingerprint density at radius 1 is 0.333 bits per heavy atom. The second kappa shape index (κ2) is 46.8. The quantitative estimate of drug-likeness (QED) is 0.0201. The van der Waals surface area contributed by atoms with Crippen LogP contribution in [0.4, 0.5) is 9.59 Å². The fourth-order valence-corrected chi connectivity index (χ4v) is 23.4. The number of aromatic hydroxyl groups is 1. The van der Waals surface area contributed by atoms with Crippen LogP contribution in [0.15, 0.2) is 425 Å². The SMILES string of the molecule is C=CCOc1ccc2cc(C(=N)NC(=O)OC(C)(C)C)sc2c1.CC(C)(C)OC(=O)NC(=N)c1cc2ccc(O)cc2s1.[Pd].c1ccc(P(c2ccccc2)c2ccccc2)cc1.c1ccc(P(c2ccccc2)c2ccccc2)cc1.c1ccc(P(c2ccccc2)c2ccccc2)cc1.c1ccc(P(c2ccccc2)c2ccccc2)cc1. The zero-order chi connectivity index (χ0) is 83.6. The van der Waals surface area contributed by atoms with Crippen LogP contribution in [0.25, 0.3) is 20.2 Å². The van der Waals surface area contributed by atoms with Crippen molar-refractivity contribution in [3.63, 3.8) is 0 Å². The molecule has 0 atom stereocenters. The van der Waals surface area contributed by atoms with E-state index in [1.807, 2.05) is 24.3 Å². The van der Waals surface area contributed by atoms with Gasteiger partial charge in [-0.25, -0.2) is 9.59 Å². The van der Waals surface area contributed by atoms with Crippen LogP contribution < -0.4 is 79.0 Å². The Hall–Kier alpha value is -11.4. The zero-order valence-corrected chi connectivity index (χ0v) is 74.4. The molecule has 0 fully saturated rings. The summed E-state index contributed by atoms with van der Waals surface area (Å²) in [4.78, 5) is 24.6. The summed E-state index contributed by atoms with van der Waals surface area (Å²) in [6.45, 7) is 14.7. The minimum atomic E-state index is -0.650. The maximum atomic E-state index is 11.7. The number of hydrogen-bond donors (Lipinski definition) is 5. The summed E-state index contributed by atoms with van der Waals surface area (Å²) in [6.07, 6.45) is 0.405. The van der Waals surface area contributed by atoms with Gasteiger partial charge in [-0.15, -0.1) is 22.7 Å². The van der Waals surface area contributed by atoms with Crippen molar-refractivity contribution in [2.45, 2.75) is 52.7 Å². The fourth-order valence-electron chi connectivity index (χ4n) is 12.2. The summed E-state index contributed by atoms with van der Waals surface area (Å²) in [5.74, 6) is 0.934. The van der Waals surface area contributed by atoms with Crippen molar-refractivity contribution in [2.75, 3.05) is 6.61 Å². The van der Waals surface area contributed by atoms with E-state index in [1.54, 1.807) is 71.9 Å². The summed E-state index contributed by atoms with van der Waals surface area (Å²) in [7, 11) is -1.78. The summed E-state index contributed by atoms with van der Waals surface area (Å²) in [5.41, 5.74) is -1.20. The predicted molar refractivity (Wildman–Crippen MR) is 514 cm³/mol. The van der Waals surface area contributed by atoms with Gasteiger partial charge in [0, 0.05) is 29.8 Å². The molecule has 0 aliphatic heterocycles. The van der Waals surface area contributed by atoms with Crippen molar-refractivity contribution in [1.82, 2.24) is 10.6 Å². The molecule has 0 unspecified atom stereocenters. The number of rotatable bonds is 17. The molecule has 16 rings (SSSR count). The van der Waals surface area contributed by atoms with Gasteiger partial charge < -0.3 is 19.3 Å². The minimum Gasteiger partial charge on any atom is -0.508 e. The molecule has 0 aliphatic rings. The van der Waals surface area contributed by atoms with E-state index in [0.717, 1.165) is 25.9 Å². The number of amidine groups is 2. The largest absolute Gasteiger partial charge is 0.508 e. The Morgan fingerprint density at radius 2 is 0.542 bits per heavy atom. The number of ether oxygens (including phenoxy) is 3. The molecule has 14 aromatic carbocycles. The van der Waals surface area contributed by atoms with Crippen molar-refractivity contribution >= 4 is 162 Å². The fraction of sp³-hybridized carbons (Fsp3) is 0.0874. The van der Waals surface area contributed by atoms with Crippen molar-refractivity contribution < 1.29 is 49.3 Å². The maximum absolute atomic E-state index is 11.7. The number of hydrogen-bond acceptors (Lipinski definition) is 10. The molecule has 0 spiro atoms. The standard InChI is InChI=1S/4C18H15P.C17H20N2O3S.C14H16N2O3S.Pd/c4*1-4-10-16(11-5-1)19(17-12-6-2-7-13-17)18-14-8-3-9-15-18;1-5-8-21-12-7-6-11-9-14(23-13(11)10-12)15(18)19-16(20)22-17(2,3)4;1-14(2,3)19-13(18)16-12(15)11-6-8-4-5-9(17)7-10(8)20-11;/h4*1-15H;5-7,9-10H,1,8H2,2-4H3,(H2,18,19,20);4-7,17H,1-3H3,(H2,15,16,18);. The van der Waals surface area contributed by atoms with Gasteiger partial charge in [0.05, 0.1) is 9.75 Å². The van der Waals surface area contributed by atoms with Gasteiger partial charge in [0.25, 0.3) is 0 Å². The average molecular weight is 1780 g/mol. The van der Waals surface area contributed by atoms with Crippen LogP contribution in [0.2, 0.25) is 0 Å². The van der Waals surface area contributed by atoms with Crippen LogP contribution >= 0.6 is 54.4 Å². The average Bonchev–Trinajstić information content (AvgIpc) is 1.18. The van der Waals surface area contributed by atoms with E-state index in [0.29, 0.717) is 16.4 Å². The van der Waals surface area contributed by atoms with Crippen LogP contribution in [0, 0.1) is 10.8 Å². The first-order chi connectivity index (χ1) is 57.8. The number of fused-ring (bicyclic) bond motifs is 2. The number of carbonyl (C=O) groups excluding carboxylic acids is 2. The number of phenols is 1.